The van der Waals surface area contributed by atoms with Gasteiger partial charge in [0.25, 0.3) is 5.91 Å². The summed E-state index contributed by atoms with van der Waals surface area (Å²) in [6.45, 7) is 2.96. The molecular weight excluding hydrogens is 300 g/mol. The predicted octanol–water partition coefficient (Wildman–Crippen LogP) is 4.98. The van der Waals surface area contributed by atoms with E-state index in [0.29, 0.717) is 12.2 Å². The van der Waals surface area contributed by atoms with Crippen LogP contribution in [-0.2, 0) is 0 Å². The number of carbonyl (C=O) groups excluding carboxylic acids is 1. The van der Waals surface area contributed by atoms with Gasteiger partial charge in [-0.2, -0.15) is 0 Å². The van der Waals surface area contributed by atoms with E-state index in [1.54, 1.807) is 18.2 Å². The van der Waals surface area contributed by atoms with E-state index in [9.17, 15) is 4.79 Å². The van der Waals surface area contributed by atoms with Crippen molar-refractivity contribution in [1.29, 1.82) is 0 Å². The molecule has 1 amide bonds. The van der Waals surface area contributed by atoms with Crippen LogP contribution in [-0.4, -0.2) is 12.5 Å². The molecule has 0 saturated heterocycles. The molecule has 3 N–H and O–H groups in total. The van der Waals surface area contributed by atoms with E-state index >= 15 is 0 Å². The molecule has 1 aromatic rings. The van der Waals surface area contributed by atoms with Gasteiger partial charge in [0.2, 0.25) is 0 Å². The molecule has 0 radical (unpaired) electrons. The number of nitrogen functional groups attached to an aromatic ring is 1. The Hall–Kier alpha value is -1.55. The Morgan fingerprint density at radius 1 is 0.958 bits per heavy atom. The summed E-state index contributed by atoms with van der Waals surface area (Å²) < 4.78 is 5.70. The van der Waals surface area contributed by atoms with Gasteiger partial charge in [0.05, 0.1) is 6.61 Å². The summed E-state index contributed by atoms with van der Waals surface area (Å²) >= 11 is 0. The van der Waals surface area contributed by atoms with Crippen molar-refractivity contribution in [3.8, 4) is 5.75 Å². The van der Waals surface area contributed by atoms with Gasteiger partial charge < -0.3 is 4.74 Å². The molecule has 0 aromatic heterocycles. The van der Waals surface area contributed by atoms with E-state index in [4.69, 9.17) is 10.6 Å². The second kappa shape index (κ2) is 13.8. The molecule has 136 valence electrons. The van der Waals surface area contributed by atoms with Gasteiger partial charge in [0.15, 0.2) is 0 Å². The quantitative estimate of drug-likeness (QED) is 0.218. The third-order valence-corrected chi connectivity index (χ3v) is 4.24. The molecule has 0 unspecified atom stereocenters. The molecule has 0 spiro atoms. The van der Waals surface area contributed by atoms with Crippen molar-refractivity contribution in [1.82, 2.24) is 5.43 Å². The van der Waals surface area contributed by atoms with E-state index in [0.717, 1.165) is 12.2 Å². The zero-order valence-electron chi connectivity index (χ0n) is 15.2. The summed E-state index contributed by atoms with van der Waals surface area (Å²) in [6.07, 6.45) is 14.6. The van der Waals surface area contributed by atoms with Gasteiger partial charge in [-0.05, 0) is 24.6 Å². The van der Waals surface area contributed by atoms with E-state index in [1.165, 1.54) is 64.2 Å². The van der Waals surface area contributed by atoms with Gasteiger partial charge in [0.1, 0.15) is 5.75 Å². The van der Waals surface area contributed by atoms with Crippen molar-refractivity contribution in [3.05, 3.63) is 29.8 Å². The zero-order chi connectivity index (χ0) is 17.5. The summed E-state index contributed by atoms with van der Waals surface area (Å²) in [6, 6.07) is 7.12. The molecule has 24 heavy (non-hydrogen) atoms. The molecule has 4 nitrogen and oxygen atoms in total. The number of nitrogens with one attached hydrogen (secondary N) is 1. The van der Waals surface area contributed by atoms with Crippen LogP contribution in [0.5, 0.6) is 5.75 Å². The number of unbranched alkanes of at least 4 members (excludes halogenated alkanes) is 10. The van der Waals surface area contributed by atoms with E-state index in [-0.39, 0.29) is 5.91 Å². The lowest BCUT2D eigenvalue weighted by molar-refractivity contribution is 0.0953. The fourth-order valence-corrected chi connectivity index (χ4v) is 2.77. The largest absolute Gasteiger partial charge is 0.494 e. The van der Waals surface area contributed by atoms with Crippen molar-refractivity contribution < 1.29 is 9.53 Å². The van der Waals surface area contributed by atoms with Crippen LogP contribution in [0.4, 0.5) is 0 Å². The summed E-state index contributed by atoms with van der Waals surface area (Å²) in [5, 5.41) is 0. The van der Waals surface area contributed by atoms with Crippen molar-refractivity contribution in [2.45, 2.75) is 77.6 Å². The van der Waals surface area contributed by atoms with Crippen LogP contribution >= 0.6 is 0 Å². The number of benzene rings is 1. The van der Waals surface area contributed by atoms with Gasteiger partial charge in [0, 0.05) is 5.56 Å². The number of ether oxygens (including phenoxy) is 1. The van der Waals surface area contributed by atoms with Crippen LogP contribution in [0.1, 0.15) is 87.9 Å². The Kier molecular flexibility index (Phi) is 11.8. The summed E-state index contributed by atoms with van der Waals surface area (Å²) in [4.78, 5) is 11.4. The first kappa shape index (κ1) is 20.5. The lowest BCUT2D eigenvalue weighted by atomic mass is 10.1. The first-order valence-electron chi connectivity index (χ1n) is 9.51. The van der Waals surface area contributed by atoms with Gasteiger partial charge in [-0.1, -0.05) is 77.2 Å². The second-order valence-electron chi connectivity index (χ2n) is 6.39. The number of hydrogen-bond donors (Lipinski definition) is 2. The fourth-order valence-electron chi connectivity index (χ4n) is 2.77. The normalized spacial score (nSPS) is 10.6. The molecule has 0 atom stereocenters. The smallest absolute Gasteiger partial charge is 0.265 e. The van der Waals surface area contributed by atoms with Gasteiger partial charge in [-0.25, -0.2) is 5.84 Å². The Balaban J connectivity index is 1.98. The summed E-state index contributed by atoms with van der Waals surface area (Å²) in [5.74, 6) is 5.56. The maximum absolute atomic E-state index is 11.4. The van der Waals surface area contributed by atoms with Crippen LogP contribution in [0.15, 0.2) is 24.3 Å². The first-order valence-corrected chi connectivity index (χ1v) is 9.51. The monoisotopic (exact) mass is 334 g/mol. The fraction of sp³-hybridized carbons (Fsp3) is 0.650. The second-order valence-corrected chi connectivity index (χ2v) is 6.39. The average molecular weight is 335 g/mol. The minimum absolute atomic E-state index is 0.296. The van der Waals surface area contributed by atoms with Crippen molar-refractivity contribution in [3.63, 3.8) is 0 Å². The molecule has 1 aromatic carbocycles. The Labute approximate surface area is 147 Å². The topological polar surface area (TPSA) is 64.3 Å². The van der Waals surface area contributed by atoms with Crippen molar-refractivity contribution >= 4 is 5.91 Å². The molecule has 0 fully saturated rings. The van der Waals surface area contributed by atoms with Gasteiger partial charge in [-0.3, -0.25) is 10.2 Å². The summed E-state index contributed by atoms with van der Waals surface area (Å²) in [7, 11) is 0. The highest BCUT2D eigenvalue weighted by Crippen LogP contribution is 2.15. The third kappa shape index (κ3) is 9.56. The van der Waals surface area contributed by atoms with Gasteiger partial charge in [-0.15, -0.1) is 0 Å². The molecule has 0 aliphatic carbocycles. The number of nitrogens with two attached hydrogens (primary N) is 1. The van der Waals surface area contributed by atoms with E-state index in [1.807, 2.05) is 6.07 Å². The standard InChI is InChI=1S/C20H34N2O2/c1-2-3-4-5-6-7-8-9-10-11-12-16-24-19-15-13-14-18(17-19)20(23)22-21/h13-15,17H,2-12,16,21H2,1H3,(H,22,23). The molecule has 0 aliphatic rings. The van der Waals surface area contributed by atoms with Crippen molar-refractivity contribution in [2.24, 2.45) is 5.84 Å². The highest BCUT2D eigenvalue weighted by molar-refractivity contribution is 5.94. The molecule has 0 saturated carbocycles. The highest BCUT2D eigenvalue weighted by atomic mass is 16.5. The third-order valence-electron chi connectivity index (χ3n) is 4.24. The predicted molar refractivity (Wildman–Crippen MR) is 100 cm³/mol. The Bertz CT molecular complexity index is 449. The lowest BCUT2D eigenvalue weighted by Gasteiger charge is -2.07. The maximum Gasteiger partial charge on any atom is 0.265 e. The molecule has 0 bridgehead atoms. The lowest BCUT2D eigenvalue weighted by Crippen LogP contribution is -2.29. The number of rotatable bonds is 14. The number of amides is 1. The van der Waals surface area contributed by atoms with Crippen LogP contribution in [0.25, 0.3) is 0 Å². The summed E-state index contributed by atoms with van der Waals surface area (Å²) in [5.41, 5.74) is 2.65. The first-order chi connectivity index (χ1) is 11.8. The Morgan fingerprint density at radius 2 is 1.54 bits per heavy atom. The van der Waals surface area contributed by atoms with Crippen molar-refractivity contribution in [2.75, 3.05) is 6.61 Å². The molecule has 4 heteroatoms. The molecule has 1 rings (SSSR count). The van der Waals surface area contributed by atoms with E-state index in [2.05, 4.69) is 12.3 Å². The molecule has 0 aliphatic heterocycles. The minimum Gasteiger partial charge on any atom is -0.494 e. The highest BCUT2D eigenvalue weighted by Gasteiger charge is 2.04. The number of hydrogen-bond acceptors (Lipinski definition) is 3. The number of hydrazine groups is 1. The van der Waals surface area contributed by atoms with E-state index < -0.39 is 0 Å². The minimum atomic E-state index is -0.296. The number of carbonyl (C=O) groups is 1. The molecule has 0 heterocycles. The van der Waals surface area contributed by atoms with Gasteiger partial charge >= 0.3 is 0 Å². The Morgan fingerprint density at radius 3 is 2.12 bits per heavy atom. The maximum atomic E-state index is 11.4. The SMILES string of the molecule is CCCCCCCCCCCCCOc1cccc(C(=O)NN)c1. The molecular formula is C20H34N2O2. The van der Waals surface area contributed by atoms with Crippen LogP contribution in [0, 0.1) is 0 Å². The van der Waals surface area contributed by atoms with Crippen LogP contribution in [0.3, 0.4) is 0 Å². The zero-order valence-corrected chi connectivity index (χ0v) is 15.2. The van der Waals surface area contributed by atoms with Crippen LogP contribution < -0.4 is 16.0 Å². The van der Waals surface area contributed by atoms with Crippen LogP contribution in [0.2, 0.25) is 0 Å². The average Bonchev–Trinajstić information content (AvgIpc) is 2.62.